The Balaban J connectivity index is 1.80. The molecule has 0 spiro atoms. The fourth-order valence-corrected chi connectivity index (χ4v) is 2.12. The van der Waals surface area contributed by atoms with E-state index < -0.39 is 0 Å². The van der Waals surface area contributed by atoms with Crippen molar-refractivity contribution in [2.75, 3.05) is 6.54 Å². The van der Waals surface area contributed by atoms with Crippen molar-refractivity contribution >= 4 is 0 Å². The molecule has 0 aromatic heterocycles. The largest absolute Gasteiger partial charge is 0.489 e. The van der Waals surface area contributed by atoms with Crippen LogP contribution in [0.25, 0.3) is 0 Å². The van der Waals surface area contributed by atoms with Gasteiger partial charge in [-0.3, -0.25) is 0 Å². The highest BCUT2D eigenvalue weighted by Crippen LogP contribution is 2.15. The van der Waals surface area contributed by atoms with E-state index in [1.54, 1.807) is 0 Å². The molecular formula is C18H23NO. The Morgan fingerprint density at radius 2 is 1.85 bits per heavy atom. The van der Waals surface area contributed by atoms with E-state index in [0.717, 1.165) is 25.3 Å². The Labute approximate surface area is 121 Å². The van der Waals surface area contributed by atoms with Gasteiger partial charge in [-0.25, -0.2) is 0 Å². The van der Waals surface area contributed by atoms with Crippen molar-refractivity contribution in [3.05, 3.63) is 65.7 Å². The van der Waals surface area contributed by atoms with Crippen molar-refractivity contribution in [1.29, 1.82) is 0 Å². The van der Waals surface area contributed by atoms with Gasteiger partial charge in [-0.1, -0.05) is 49.4 Å². The van der Waals surface area contributed by atoms with Crippen LogP contribution in [-0.4, -0.2) is 12.6 Å². The smallest absolute Gasteiger partial charge is 0.120 e. The van der Waals surface area contributed by atoms with Crippen LogP contribution in [0.5, 0.6) is 5.75 Å². The molecule has 1 unspecified atom stereocenters. The highest BCUT2D eigenvalue weighted by Gasteiger charge is 2.07. The van der Waals surface area contributed by atoms with Crippen LogP contribution in [0.15, 0.2) is 54.6 Å². The third-order valence-electron chi connectivity index (χ3n) is 3.29. The summed E-state index contributed by atoms with van der Waals surface area (Å²) in [5.74, 6) is 0.957. The summed E-state index contributed by atoms with van der Waals surface area (Å²) < 4.78 is 6.02. The van der Waals surface area contributed by atoms with E-state index in [-0.39, 0.29) is 6.10 Å². The molecule has 20 heavy (non-hydrogen) atoms. The number of hydrogen-bond donors (Lipinski definition) is 1. The second-order valence-electron chi connectivity index (χ2n) is 5.08. The van der Waals surface area contributed by atoms with Crippen molar-refractivity contribution in [1.82, 2.24) is 5.32 Å². The van der Waals surface area contributed by atoms with Crippen LogP contribution in [0.1, 0.15) is 24.5 Å². The van der Waals surface area contributed by atoms with Gasteiger partial charge < -0.3 is 10.1 Å². The van der Waals surface area contributed by atoms with Crippen molar-refractivity contribution in [3.8, 4) is 5.75 Å². The SMILES string of the molecule is CCC(CNCc1ccccc1)Oc1cccc(C)c1. The maximum absolute atomic E-state index is 6.02. The molecule has 2 heteroatoms. The molecule has 0 aliphatic rings. The van der Waals surface area contributed by atoms with Gasteiger partial charge in [0.2, 0.25) is 0 Å². The molecule has 0 aliphatic carbocycles. The Kier molecular flexibility index (Phi) is 5.63. The molecule has 0 saturated carbocycles. The Hall–Kier alpha value is -1.80. The normalized spacial score (nSPS) is 12.1. The average molecular weight is 269 g/mol. The van der Waals surface area contributed by atoms with Crippen LogP contribution in [-0.2, 0) is 6.54 Å². The molecular weight excluding hydrogens is 246 g/mol. The summed E-state index contributed by atoms with van der Waals surface area (Å²) in [6.07, 6.45) is 1.20. The third kappa shape index (κ3) is 4.71. The molecule has 0 heterocycles. The maximum Gasteiger partial charge on any atom is 0.120 e. The van der Waals surface area contributed by atoms with E-state index in [1.165, 1.54) is 11.1 Å². The number of nitrogens with one attached hydrogen (secondary N) is 1. The zero-order chi connectivity index (χ0) is 14.2. The second kappa shape index (κ2) is 7.71. The van der Waals surface area contributed by atoms with E-state index in [9.17, 15) is 0 Å². The molecule has 2 aromatic rings. The second-order valence-corrected chi connectivity index (χ2v) is 5.08. The van der Waals surface area contributed by atoms with Gasteiger partial charge in [-0.05, 0) is 36.6 Å². The third-order valence-corrected chi connectivity index (χ3v) is 3.29. The molecule has 0 radical (unpaired) electrons. The molecule has 0 bridgehead atoms. The van der Waals surface area contributed by atoms with Gasteiger partial charge in [0.05, 0.1) is 0 Å². The lowest BCUT2D eigenvalue weighted by atomic mass is 10.2. The molecule has 2 nitrogen and oxygen atoms in total. The fraction of sp³-hybridized carbons (Fsp3) is 0.333. The summed E-state index contributed by atoms with van der Waals surface area (Å²) in [5.41, 5.74) is 2.53. The van der Waals surface area contributed by atoms with E-state index >= 15 is 0 Å². The van der Waals surface area contributed by atoms with Crippen LogP contribution in [0.2, 0.25) is 0 Å². The van der Waals surface area contributed by atoms with Gasteiger partial charge in [0.15, 0.2) is 0 Å². The van der Waals surface area contributed by atoms with Gasteiger partial charge in [0.1, 0.15) is 11.9 Å². The standard InChI is InChI=1S/C18H23NO/c1-3-17(20-18-11-7-8-15(2)12-18)14-19-13-16-9-5-4-6-10-16/h4-12,17,19H,3,13-14H2,1-2H3. The molecule has 0 amide bonds. The number of hydrogen-bond acceptors (Lipinski definition) is 2. The first kappa shape index (κ1) is 14.6. The van der Waals surface area contributed by atoms with Crippen molar-refractivity contribution in [2.45, 2.75) is 32.9 Å². The summed E-state index contributed by atoms with van der Waals surface area (Å²) in [6, 6.07) is 18.7. The van der Waals surface area contributed by atoms with Crippen LogP contribution in [0.4, 0.5) is 0 Å². The van der Waals surface area contributed by atoms with Gasteiger partial charge >= 0.3 is 0 Å². The van der Waals surface area contributed by atoms with Gasteiger partial charge in [0, 0.05) is 13.1 Å². The Morgan fingerprint density at radius 1 is 1.05 bits per heavy atom. The summed E-state index contributed by atoms with van der Waals surface area (Å²) in [5, 5.41) is 3.46. The summed E-state index contributed by atoms with van der Waals surface area (Å²) >= 11 is 0. The molecule has 1 atom stereocenters. The van der Waals surface area contributed by atoms with E-state index in [2.05, 4.69) is 55.6 Å². The lowest BCUT2D eigenvalue weighted by molar-refractivity contribution is 0.193. The van der Waals surface area contributed by atoms with E-state index in [0.29, 0.717) is 0 Å². The number of benzene rings is 2. The van der Waals surface area contributed by atoms with Crippen LogP contribution < -0.4 is 10.1 Å². The fourth-order valence-electron chi connectivity index (χ4n) is 2.12. The molecule has 0 saturated heterocycles. The van der Waals surface area contributed by atoms with Crippen molar-refractivity contribution < 1.29 is 4.74 Å². The zero-order valence-corrected chi connectivity index (χ0v) is 12.3. The minimum Gasteiger partial charge on any atom is -0.489 e. The average Bonchev–Trinajstić information content (AvgIpc) is 2.47. The first-order valence-electron chi connectivity index (χ1n) is 7.26. The molecule has 1 N–H and O–H groups in total. The molecule has 2 rings (SSSR count). The van der Waals surface area contributed by atoms with Crippen LogP contribution in [0.3, 0.4) is 0 Å². The summed E-state index contributed by atoms with van der Waals surface area (Å²) in [6.45, 7) is 5.99. The lowest BCUT2D eigenvalue weighted by Gasteiger charge is -2.18. The first-order valence-corrected chi connectivity index (χ1v) is 7.26. The topological polar surface area (TPSA) is 21.3 Å². The molecule has 106 valence electrons. The number of ether oxygens (including phenoxy) is 1. The Bertz CT molecular complexity index is 510. The molecule has 2 aromatic carbocycles. The highest BCUT2D eigenvalue weighted by atomic mass is 16.5. The maximum atomic E-state index is 6.02. The first-order chi connectivity index (χ1) is 9.78. The minimum atomic E-state index is 0.209. The van der Waals surface area contributed by atoms with Gasteiger partial charge in [-0.2, -0.15) is 0 Å². The van der Waals surface area contributed by atoms with Crippen molar-refractivity contribution in [3.63, 3.8) is 0 Å². The monoisotopic (exact) mass is 269 g/mol. The van der Waals surface area contributed by atoms with Crippen LogP contribution in [0, 0.1) is 6.92 Å². The molecule has 0 aliphatic heterocycles. The number of aryl methyl sites for hydroxylation is 1. The van der Waals surface area contributed by atoms with Gasteiger partial charge in [0.25, 0.3) is 0 Å². The van der Waals surface area contributed by atoms with Crippen molar-refractivity contribution in [2.24, 2.45) is 0 Å². The summed E-state index contributed by atoms with van der Waals surface area (Å²) in [7, 11) is 0. The van der Waals surface area contributed by atoms with Crippen LogP contribution >= 0.6 is 0 Å². The highest BCUT2D eigenvalue weighted by molar-refractivity contribution is 5.27. The minimum absolute atomic E-state index is 0.209. The van der Waals surface area contributed by atoms with E-state index in [1.807, 2.05) is 18.2 Å². The lowest BCUT2D eigenvalue weighted by Crippen LogP contribution is -2.30. The molecule has 0 fully saturated rings. The predicted molar refractivity (Wildman–Crippen MR) is 84.0 cm³/mol. The quantitative estimate of drug-likeness (QED) is 0.822. The van der Waals surface area contributed by atoms with E-state index in [4.69, 9.17) is 4.74 Å². The summed E-state index contributed by atoms with van der Waals surface area (Å²) in [4.78, 5) is 0. The van der Waals surface area contributed by atoms with Gasteiger partial charge in [-0.15, -0.1) is 0 Å². The zero-order valence-electron chi connectivity index (χ0n) is 12.3. The predicted octanol–water partition coefficient (Wildman–Crippen LogP) is 3.94. The number of rotatable bonds is 7. The Morgan fingerprint density at radius 3 is 2.55 bits per heavy atom.